The van der Waals surface area contributed by atoms with Crippen molar-refractivity contribution in [3.63, 3.8) is 0 Å². The Hall–Kier alpha value is -1.96. The molecule has 7 nitrogen and oxygen atoms in total. The molecular formula is C18H29N5O2. The molecule has 25 heavy (non-hydrogen) atoms. The van der Waals surface area contributed by atoms with Crippen LogP contribution < -0.4 is 16.4 Å². The standard InChI is InChI=1S/C18H29N5O2/c1-2-22-7-9-23(10-8-22)14-16-6-4-3-5-15(16)12-20-18(25)13-21-17(24)11-19/h3-6H,2,7-14,19H2,1H3,(H,20,25)(H,21,24). The van der Waals surface area contributed by atoms with Crippen LogP contribution in [0.1, 0.15) is 18.1 Å². The van der Waals surface area contributed by atoms with Crippen molar-refractivity contribution in [2.75, 3.05) is 45.8 Å². The van der Waals surface area contributed by atoms with E-state index >= 15 is 0 Å². The lowest BCUT2D eigenvalue weighted by Gasteiger charge is -2.34. The van der Waals surface area contributed by atoms with Gasteiger partial charge in [0, 0.05) is 39.3 Å². The van der Waals surface area contributed by atoms with E-state index in [0.717, 1.165) is 44.8 Å². The molecule has 0 aliphatic carbocycles. The number of likely N-dealkylation sites (N-methyl/N-ethyl adjacent to an activating group) is 1. The largest absolute Gasteiger partial charge is 0.350 e. The molecule has 4 N–H and O–H groups in total. The third-order valence-electron chi connectivity index (χ3n) is 4.53. The number of carbonyl (C=O) groups excluding carboxylic acids is 2. The summed E-state index contributed by atoms with van der Waals surface area (Å²) in [6.07, 6.45) is 0. The highest BCUT2D eigenvalue weighted by molar-refractivity contribution is 5.85. The predicted octanol–water partition coefficient (Wildman–Crippen LogP) is -0.485. The van der Waals surface area contributed by atoms with Gasteiger partial charge in [-0.2, -0.15) is 0 Å². The second-order valence-corrected chi connectivity index (χ2v) is 6.24. The van der Waals surface area contributed by atoms with Crippen molar-refractivity contribution in [1.29, 1.82) is 0 Å². The Kier molecular flexibility index (Phi) is 7.84. The summed E-state index contributed by atoms with van der Waals surface area (Å²) in [6, 6.07) is 8.17. The lowest BCUT2D eigenvalue weighted by molar-refractivity contribution is -0.125. The minimum Gasteiger partial charge on any atom is -0.350 e. The van der Waals surface area contributed by atoms with Gasteiger partial charge in [-0.05, 0) is 17.7 Å². The SMILES string of the molecule is CCN1CCN(Cc2ccccc2CNC(=O)CNC(=O)CN)CC1. The third kappa shape index (κ3) is 6.45. The summed E-state index contributed by atoms with van der Waals surface area (Å²) >= 11 is 0. The molecule has 2 rings (SSSR count). The van der Waals surface area contributed by atoms with E-state index in [1.165, 1.54) is 5.56 Å². The summed E-state index contributed by atoms with van der Waals surface area (Å²) in [4.78, 5) is 27.8. The Bertz CT molecular complexity index is 570. The van der Waals surface area contributed by atoms with E-state index in [2.05, 4.69) is 33.4 Å². The van der Waals surface area contributed by atoms with Crippen LogP contribution in [0.2, 0.25) is 0 Å². The lowest BCUT2D eigenvalue weighted by Crippen LogP contribution is -2.45. The molecule has 1 aromatic rings. The first kappa shape index (κ1) is 19.4. The first-order valence-corrected chi connectivity index (χ1v) is 8.87. The van der Waals surface area contributed by atoms with Crippen molar-refractivity contribution in [1.82, 2.24) is 20.4 Å². The Morgan fingerprint density at radius 3 is 2.28 bits per heavy atom. The van der Waals surface area contributed by atoms with Crippen LogP contribution in [-0.4, -0.2) is 67.4 Å². The molecule has 0 spiro atoms. The summed E-state index contributed by atoms with van der Waals surface area (Å²) in [5.41, 5.74) is 7.54. The normalized spacial score (nSPS) is 15.8. The van der Waals surface area contributed by atoms with Gasteiger partial charge in [-0.1, -0.05) is 31.2 Å². The first-order valence-electron chi connectivity index (χ1n) is 8.87. The number of benzene rings is 1. The van der Waals surface area contributed by atoms with Gasteiger partial charge in [0.2, 0.25) is 11.8 Å². The molecule has 1 aromatic carbocycles. The number of rotatable bonds is 8. The topological polar surface area (TPSA) is 90.7 Å². The summed E-state index contributed by atoms with van der Waals surface area (Å²) in [5.74, 6) is -0.546. The highest BCUT2D eigenvalue weighted by Gasteiger charge is 2.16. The number of piperazine rings is 1. The number of nitrogens with zero attached hydrogens (tertiary/aromatic N) is 2. The summed E-state index contributed by atoms with van der Waals surface area (Å²) < 4.78 is 0. The molecule has 0 atom stereocenters. The Morgan fingerprint density at radius 1 is 1.00 bits per heavy atom. The summed E-state index contributed by atoms with van der Waals surface area (Å²) in [5, 5.41) is 5.32. The van der Waals surface area contributed by atoms with Gasteiger partial charge in [-0.3, -0.25) is 14.5 Å². The van der Waals surface area contributed by atoms with Gasteiger partial charge in [-0.25, -0.2) is 0 Å². The number of hydrogen-bond acceptors (Lipinski definition) is 5. The first-order chi connectivity index (χ1) is 12.1. The van der Waals surface area contributed by atoms with E-state index in [0.29, 0.717) is 6.54 Å². The minimum atomic E-state index is -0.332. The fourth-order valence-corrected chi connectivity index (χ4v) is 2.90. The molecule has 1 fully saturated rings. The fraction of sp³-hybridized carbons (Fsp3) is 0.556. The van der Waals surface area contributed by atoms with Crippen LogP contribution in [0.15, 0.2) is 24.3 Å². The maximum atomic E-state index is 11.8. The Labute approximate surface area is 149 Å². The van der Waals surface area contributed by atoms with Crippen molar-refractivity contribution in [2.24, 2.45) is 5.73 Å². The van der Waals surface area contributed by atoms with Crippen LogP contribution >= 0.6 is 0 Å². The molecular weight excluding hydrogens is 318 g/mol. The second-order valence-electron chi connectivity index (χ2n) is 6.24. The maximum absolute atomic E-state index is 11.8. The number of carbonyl (C=O) groups is 2. The van der Waals surface area contributed by atoms with Crippen molar-refractivity contribution >= 4 is 11.8 Å². The van der Waals surface area contributed by atoms with Crippen molar-refractivity contribution in [3.8, 4) is 0 Å². The lowest BCUT2D eigenvalue weighted by atomic mass is 10.1. The van der Waals surface area contributed by atoms with Gasteiger partial charge in [0.25, 0.3) is 0 Å². The molecule has 1 saturated heterocycles. The number of nitrogens with two attached hydrogens (primary N) is 1. The minimum absolute atomic E-state index is 0.0445. The maximum Gasteiger partial charge on any atom is 0.239 e. The molecule has 0 bridgehead atoms. The summed E-state index contributed by atoms with van der Waals surface area (Å²) in [7, 11) is 0. The van der Waals surface area contributed by atoms with Gasteiger partial charge < -0.3 is 21.3 Å². The van der Waals surface area contributed by atoms with Gasteiger partial charge >= 0.3 is 0 Å². The van der Waals surface area contributed by atoms with E-state index < -0.39 is 0 Å². The predicted molar refractivity (Wildman–Crippen MR) is 97.7 cm³/mol. The van der Waals surface area contributed by atoms with Gasteiger partial charge in [0.15, 0.2) is 0 Å². The molecule has 0 radical (unpaired) electrons. The van der Waals surface area contributed by atoms with Gasteiger partial charge in [0.1, 0.15) is 0 Å². The smallest absolute Gasteiger partial charge is 0.239 e. The van der Waals surface area contributed by atoms with Crippen LogP contribution in [0.3, 0.4) is 0 Å². The molecule has 2 amide bonds. The highest BCUT2D eigenvalue weighted by Crippen LogP contribution is 2.13. The number of amides is 2. The zero-order valence-electron chi connectivity index (χ0n) is 15.0. The van der Waals surface area contributed by atoms with E-state index in [1.54, 1.807) is 0 Å². The van der Waals surface area contributed by atoms with Gasteiger partial charge in [-0.15, -0.1) is 0 Å². The molecule has 0 unspecified atom stereocenters. The van der Waals surface area contributed by atoms with Crippen LogP contribution in [0.5, 0.6) is 0 Å². The summed E-state index contributed by atoms with van der Waals surface area (Å²) in [6.45, 7) is 8.86. The van der Waals surface area contributed by atoms with Crippen molar-refractivity contribution in [2.45, 2.75) is 20.0 Å². The van der Waals surface area contributed by atoms with E-state index in [-0.39, 0.29) is 24.9 Å². The number of hydrogen-bond donors (Lipinski definition) is 3. The molecule has 1 aliphatic rings. The van der Waals surface area contributed by atoms with E-state index in [4.69, 9.17) is 5.73 Å². The molecule has 1 aliphatic heterocycles. The highest BCUT2D eigenvalue weighted by atomic mass is 16.2. The van der Waals surface area contributed by atoms with Crippen LogP contribution in [0, 0.1) is 0 Å². The Morgan fingerprint density at radius 2 is 1.64 bits per heavy atom. The van der Waals surface area contributed by atoms with Crippen LogP contribution in [0.4, 0.5) is 0 Å². The molecule has 138 valence electrons. The fourth-order valence-electron chi connectivity index (χ4n) is 2.90. The molecule has 1 heterocycles. The number of nitrogens with one attached hydrogen (secondary N) is 2. The van der Waals surface area contributed by atoms with Crippen molar-refractivity contribution < 1.29 is 9.59 Å². The van der Waals surface area contributed by atoms with Crippen molar-refractivity contribution in [3.05, 3.63) is 35.4 Å². The molecule has 0 aromatic heterocycles. The van der Waals surface area contributed by atoms with E-state index in [9.17, 15) is 9.59 Å². The average molecular weight is 347 g/mol. The second kappa shape index (κ2) is 10.1. The van der Waals surface area contributed by atoms with Gasteiger partial charge in [0.05, 0.1) is 13.1 Å². The third-order valence-corrected chi connectivity index (χ3v) is 4.53. The monoisotopic (exact) mass is 347 g/mol. The average Bonchev–Trinajstić information content (AvgIpc) is 2.66. The Balaban J connectivity index is 1.83. The molecule has 0 saturated carbocycles. The van der Waals surface area contributed by atoms with E-state index in [1.807, 2.05) is 18.2 Å². The van der Waals surface area contributed by atoms with Crippen LogP contribution in [0.25, 0.3) is 0 Å². The molecule has 7 heteroatoms. The zero-order valence-corrected chi connectivity index (χ0v) is 15.0. The zero-order chi connectivity index (χ0) is 18.1. The van der Waals surface area contributed by atoms with Crippen LogP contribution in [-0.2, 0) is 22.7 Å². The quantitative estimate of drug-likeness (QED) is 0.591.